The van der Waals surface area contributed by atoms with Crippen LogP contribution in [0.4, 0.5) is 13.2 Å². The molecule has 1 aromatic carbocycles. The van der Waals surface area contributed by atoms with Gasteiger partial charge < -0.3 is 14.6 Å². The van der Waals surface area contributed by atoms with Gasteiger partial charge in [-0.1, -0.05) is 5.16 Å². The molecule has 0 unspecified atom stereocenters. The van der Waals surface area contributed by atoms with Gasteiger partial charge in [-0.15, -0.1) is 0 Å². The summed E-state index contributed by atoms with van der Waals surface area (Å²) < 4.78 is 52.2. The van der Waals surface area contributed by atoms with Crippen LogP contribution in [0.5, 0.6) is 5.75 Å². The number of ether oxygens (including phenoxy) is 1. The van der Waals surface area contributed by atoms with Gasteiger partial charge in [0.25, 0.3) is 5.91 Å². The van der Waals surface area contributed by atoms with Gasteiger partial charge in [-0.25, -0.2) is 8.78 Å². The maximum Gasteiger partial charge on any atom is 0.254 e. The number of halogens is 3. The van der Waals surface area contributed by atoms with Gasteiger partial charge in [0.2, 0.25) is 17.5 Å². The molecule has 1 N–H and O–H groups in total. The zero-order chi connectivity index (χ0) is 19.6. The molecule has 3 rings (SSSR count). The Hall–Kier alpha value is -3.37. The number of hydrogen-bond acceptors (Lipinski definition) is 6. The van der Waals surface area contributed by atoms with Crippen molar-refractivity contribution >= 4 is 5.91 Å². The van der Waals surface area contributed by atoms with Crippen molar-refractivity contribution in [1.29, 1.82) is 0 Å². The first kappa shape index (κ1) is 18.4. The molecule has 2 aromatic heterocycles. The van der Waals surface area contributed by atoms with Crippen LogP contribution in [0.2, 0.25) is 0 Å². The third kappa shape index (κ3) is 3.61. The number of nitrogens with one attached hydrogen (secondary N) is 1. The Morgan fingerprint density at radius 1 is 1.33 bits per heavy atom. The lowest BCUT2D eigenvalue weighted by molar-refractivity contribution is 0.0940. The highest BCUT2D eigenvalue weighted by Crippen LogP contribution is 2.27. The Bertz CT molecular complexity index is 986. The SMILES string of the molecule is CCn1cc(-c2noc(CNC(=O)c3cc(F)c(F)c(OC)c3F)n2)cn1. The van der Waals surface area contributed by atoms with E-state index in [1.54, 1.807) is 17.1 Å². The van der Waals surface area contributed by atoms with Gasteiger partial charge in [0, 0.05) is 12.7 Å². The molecule has 3 aromatic rings. The van der Waals surface area contributed by atoms with Crippen molar-refractivity contribution in [3.63, 3.8) is 0 Å². The topological polar surface area (TPSA) is 95.1 Å². The normalized spacial score (nSPS) is 10.9. The van der Waals surface area contributed by atoms with Crippen molar-refractivity contribution in [2.45, 2.75) is 20.0 Å². The fourth-order valence-electron chi connectivity index (χ4n) is 2.27. The standard InChI is InChI=1S/C16H14F3N5O3/c1-3-24-7-8(5-21-24)15-22-11(27-23-15)6-20-16(25)9-4-10(17)13(19)14(26-2)12(9)18/h4-5,7H,3,6H2,1-2H3,(H,20,25). The molecule has 0 atom stereocenters. The minimum absolute atomic E-state index is 0.0394. The molecule has 11 heteroatoms. The van der Waals surface area contributed by atoms with Crippen molar-refractivity contribution in [2.75, 3.05) is 7.11 Å². The van der Waals surface area contributed by atoms with E-state index >= 15 is 0 Å². The molecule has 0 fully saturated rings. The minimum atomic E-state index is -1.51. The number of methoxy groups -OCH3 is 1. The lowest BCUT2D eigenvalue weighted by Gasteiger charge is -2.09. The Labute approximate surface area is 150 Å². The average Bonchev–Trinajstić information content (AvgIpc) is 3.32. The van der Waals surface area contributed by atoms with E-state index in [0.29, 0.717) is 18.2 Å². The van der Waals surface area contributed by atoms with Crippen LogP contribution >= 0.6 is 0 Å². The molecule has 142 valence electrons. The zero-order valence-corrected chi connectivity index (χ0v) is 14.3. The highest BCUT2D eigenvalue weighted by atomic mass is 19.2. The molecule has 0 aliphatic heterocycles. The minimum Gasteiger partial charge on any atom is -0.491 e. The molecule has 2 heterocycles. The quantitative estimate of drug-likeness (QED) is 0.659. The van der Waals surface area contributed by atoms with E-state index in [2.05, 4.69) is 25.3 Å². The van der Waals surface area contributed by atoms with Crippen molar-refractivity contribution in [1.82, 2.24) is 25.2 Å². The summed E-state index contributed by atoms with van der Waals surface area (Å²) in [4.78, 5) is 16.2. The van der Waals surface area contributed by atoms with E-state index < -0.39 is 34.7 Å². The first-order chi connectivity index (χ1) is 12.9. The van der Waals surface area contributed by atoms with Gasteiger partial charge in [0.05, 0.1) is 31.0 Å². The molecule has 8 nitrogen and oxygen atoms in total. The molecule has 27 heavy (non-hydrogen) atoms. The van der Waals surface area contributed by atoms with Crippen LogP contribution in [0.25, 0.3) is 11.4 Å². The van der Waals surface area contributed by atoms with E-state index in [-0.39, 0.29) is 18.3 Å². The van der Waals surface area contributed by atoms with Gasteiger partial charge >= 0.3 is 0 Å². The second kappa shape index (κ2) is 7.48. The van der Waals surface area contributed by atoms with E-state index in [4.69, 9.17) is 4.52 Å². The fraction of sp³-hybridized carbons (Fsp3) is 0.250. The maximum absolute atomic E-state index is 14.1. The maximum atomic E-state index is 14.1. The van der Waals surface area contributed by atoms with Crippen LogP contribution in [0.1, 0.15) is 23.2 Å². The van der Waals surface area contributed by atoms with Gasteiger partial charge in [0.1, 0.15) is 0 Å². The van der Waals surface area contributed by atoms with Crippen molar-refractivity contribution < 1.29 is 27.2 Å². The second-order valence-electron chi connectivity index (χ2n) is 5.35. The van der Waals surface area contributed by atoms with Crippen LogP contribution < -0.4 is 10.1 Å². The summed E-state index contributed by atoms with van der Waals surface area (Å²) in [6.07, 6.45) is 3.27. The molecule has 0 bridgehead atoms. The number of benzene rings is 1. The van der Waals surface area contributed by atoms with Crippen LogP contribution in [-0.4, -0.2) is 32.9 Å². The van der Waals surface area contributed by atoms with Crippen molar-refractivity contribution in [3.8, 4) is 17.1 Å². The molecule has 0 saturated heterocycles. The first-order valence-corrected chi connectivity index (χ1v) is 7.79. The number of carbonyl (C=O) groups is 1. The van der Waals surface area contributed by atoms with E-state index in [9.17, 15) is 18.0 Å². The fourth-order valence-corrected chi connectivity index (χ4v) is 2.27. The van der Waals surface area contributed by atoms with Gasteiger partial charge in [-0.3, -0.25) is 9.48 Å². The van der Waals surface area contributed by atoms with Crippen molar-refractivity contribution in [2.24, 2.45) is 0 Å². The van der Waals surface area contributed by atoms with E-state index in [1.807, 2.05) is 6.92 Å². The lowest BCUT2D eigenvalue weighted by atomic mass is 10.1. The largest absolute Gasteiger partial charge is 0.491 e. The average molecular weight is 381 g/mol. The lowest BCUT2D eigenvalue weighted by Crippen LogP contribution is -2.24. The van der Waals surface area contributed by atoms with Crippen LogP contribution in [0.3, 0.4) is 0 Å². The predicted octanol–water partition coefficient (Wildman–Crippen LogP) is 2.31. The third-order valence-electron chi connectivity index (χ3n) is 3.65. The summed E-state index contributed by atoms with van der Waals surface area (Å²) in [6.45, 7) is 2.35. The number of hydrogen-bond donors (Lipinski definition) is 1. The van der Waals surface area contributed by atoms with E-state index in [1.165, 1.54) is 0 Å². The number of amides is 1. The Morgan fingerprint density at radius 3 is 2.78 bits per heavy atom. The molecule has 0 saturated carbocycles. The summed E-state index contributed by atoms with van der Waals surface area (Å²) in [6, 6.07) is 0.445. The van der Waals surface area contributed by atoms with Crippen molar-refractivity contribution in [3.05, 3.63) is 47.4 Å². The number of nitrogens with zero attached hydrogens (tertiary/aromatic N) is 4. The molecule has 0 spiro atoms. The molecular weight excluding hydrogens is 367 g/mol. The Morgan fingerprint density at radius 2 is 2.11 bits per heavy atom. The molecule has 1 amide bonds. The number of aryl methyl sites for hydroxylation is 1. The number of rotatable bonds is 6. The van der Waals surface area contributed by atoms with Crippen LogP contribution in [0.15, 0.2) is 23.0 Å². The Balaban J connectivity index is 1.72. The second-order valence-corrected chi connectivity index (χ2v) is 5.35. The molecular formula is C16H14F3N5O3. The van der Waals surface area contributed by atoms with Gasteiger partial charge in [0.15, 0.2) is 17.4 Å². The summed E-state index contributed by atoms with van der Waals surface area (Å²) in [5.74, 6) is -5.91. The first-order valence-electron chi connectivity index (χ1n) is 7.79. The summed E-state index contributed by atoms with van der Waals surface area (Å²) >= 11 is 0. The highest BCUT2D eigenvalue weighted by Gasteiger charge is 2.24. The highest BCUT2D eigenvalue weighted by molar-refractivity contribution is 5.94. The Kier molecular flexibility index (Phi) is 5.10. The smallest absolute Gasteiger partial charge is 0.254 e. The molecule has 0 radical (unpaired) electrons. The molecule has 0 aliphatic rings. The molecule has 0 aliphatic carbocycles. The number of aromatic nitrogens is 4. The van der Waals surface area contributed by atoms with Gasteiger partial charge in [-0.2, -0.15) is 14.5 Å². The van der Waals surface area contributed by atoms with E-state index in [0.717, 1.165) is 7.11 Å². The van der Waals surface area contributed by atoms with Crippen LogP contribution in [-0.2, 0) is 13.1 Å². The summed E-state index contributed by atoms with van der Waals surface area (Å²) in [5, 5.41) is 10.1. The third-order valence-corrected chi connectivity index (χ3v) is 3.65. The van der Waals surface area contributed by atoms with Gasteiger partial charge in [-0.05, 0) is 13.0 Å². The summed E-state index contributed by atoms with van der Waals surface area (Å²) in [7, 11) is 0.962. The summed E-state index contributed by atoms with van der Waals surface area (Å²) in [5.41, 5.74) is -0.0933. The monoisotopic (exact) mass is 381 g/mol. The zero-order valence-electron chi connectivity index (χ0n) is 14.3. The predicted molar refractivity (Wildman–Crippen MR) is 85.2 cm³/mol. The van der Waals surface area contributed by atoms with Crippen LogP contribution in [0, 0.1) is 17.5 Å². The number of carbonyl (C=O) groups excluding carboxylic acids is 1.